The van der Waals surface area contributed by atoms with Crippen LogP contribution in [0.3, 0.4) is 0 Å². The molecule has 0 aliphatic heterocycles. The highest BCUT2D eigenvalue weighted by Gasteiger charge is 2.31. The molecule has 1 saturated carbocycles. The summed E-state index contributed by atoms with van der Waals surface area (Å²) >= 11 is 6.20. The van der Waals surface area contributed by atoms with E-state index in [0.29, 0.717) is 5.92 Å². The van der Waals surface area contributed by atoms with Gasteiger partial charge in [0.2, 0.25) is 0 Å². The van der Waals surface area contributed by atoms with Crippen molar-refractivity contribution in [2.75, 3.05) is 0 Å². The van der Waals surface area contributed by atoms with Gasteiger partial charge >= 0.3 is 0 Å². The van der Waals surface area contributed by atoms with Crippen LogP contribution in [-0.2, 0) is 6.54 Å². The summed E-state index contributed by atoms with van der Waals surface area (Å²) in [4.78, 5) is 0. The number of nitrogens with two attached hydrogens (primary N) is 1. The fraction of sp³-hybridized carbons (Fsp3) is 0.727. The molecule has 0 radical (unpaired) electrons. The van der Waals surface area contributed by atoms with Crippen molar-refractivity contribution in [3.8, 4) is 0 Å². The van der Waals surface area contributed by atoms with Gasteiger partial charge in [0.15, 0.2) is 0 Å². The molecule has 0 aromatic carbocycles. The number of hydrazine groups is 1. The van der Waals surface area contributed by atoms with E-state index in [-0.39, 0.29) is 6.04 Å². The van der Waals surface area contributed by atoms with Crippen LogP contribution < -0.4 is 11.3 Å². The molecule has 2 rings (SSSR count). The minimum atomic E-state index is 0.148. The summed E-state index contributed by atoms with van der Waals surface area (Å²) in [5.74, 6) is 6.26. The Kier molecular flexibility index (Phi) is 3.84. The number of hydrogen-bond acceptors (Lipinski definition) is 3. The smallest absolute Gasteiger partial charge is 0.0834 e. The lowest BCUT2D eigenvalue weighted by Crippen LogP contribution is -2.38. The molecule has 1 aromatic rings. The van der Waals surface area contributed by atoms with Gasteiger partial charge in [0.05, 0.1) is 23.0 Å². The van der Waals surface area contributed by atoms with Gasteiger partial charge < -0.3 is 0 Å². The molecule has 0 spiro atoms. The molecule has 0 amide bonds. The maximum Gasteiger partial charge on any atom is 0.0834 e. The van der Waals surface area contributed by atoms with Gasteiger partial charge in [-0.05, 0) is 25.2 Å². The highest BCUT2D eigenvalue weighted by Crippen LogP contribution is 2.39. The van der Waals surface area contributed by atoms with E-state index in [1.54, 1.807) is 6.20 Å². The number of aryl methyl sites for hydroxylation is 1. The molecule has 4 nitrogen and oxygen atoms in total. The first-order valence-electron chi connectivity index (χ1n) is 5.95. The predicted octanol–water partition coefficient (Wildman–Crippen LogP) is 2.25. The van der Waals surface area contributed by atoms with E-state index >= 15 is 0 Å². The molecule has 0 bridgehead atoms. The lowest BCUT2D eigenvalue weighted by molar-refractivity contribution is 0.223. The quantitative estimate of drug-likeness (QED) is 0.615. The second-order valence-electron chi connectivity index (χ2n) is 4.44. The van der Waals surface area contributed by atoms with Crippen LogP contribution in [0.15, 0.2) is 6.20 Å². The summed E-state index contributed by atoms with van der Waals surface area (Å²) in [7, 11) is 0. The van der Waals surface area contributed by atoms with Crippen LogP contribution in [0, 0.1) is 5.92 Å². The molecule has 16 heavy (non-hydrogen) atoms. The molecule has 1 unspecified atom stereocenters. The number of nitrogens with one attached hydrogen (secondary N) is 1. The largest absolute Gasteiger partial charge is 0.271 e. The van der Waals surface area contributed by atoms with Crippen LogP contribution >= 0.6 is 11.6 Å². The predicted molar refractivity (Wildman–Crippen MR) is 64.9 cm³/mol. The number of rotatable bonds is 5. The van der Waals surface area contributed by atoms with Gasteiger partial charge in [-0.1, -0.05) is 24.9 Å². The Hall–Kier alpha value is -0.580. The Bertz CT molecular complexity index is 346. The topological polar surface area (TPSA) is 55.9 Å². The van der Waals surface area contributed by atoms with Crippen molar-refractivity contribution in [1.29, 1.82) is 0 Å². The molecule has 90 valence electrons. The molecular weight excluding hydrogens is 224 g/mol. The highest BCUT2D eigenvalue weighted by atomic mass is 35.5. The van der Waals surface area contributed by atoms with Gasteiger partial charge in [0.25, 0.3) is 0 Å². The van der Waals surface area contributed by atoms with Gasteiger partial charge in [0, 0.05) is 6.54 Å². The molecule has 0 saturated heterocycles. The Morgan fingerprint density at radius 1 is 1.69 bits per heavy atom. The van der Waals surface area contributed by atoms with Crippen molar-refractivity contribution < 1.29 is 0 Å². The summed E-state index contributed by atoms with van der Waals surface area (Å²) in [5.41, 5.74) is 3.95. The van der Waals surface area contributed by atoms with Crippen LogP contribution in [0.2, 0.25) is 5.02 Å². The number of halogens is 1. The fourth-order valence-electron chi connectivity index (χ4n) is 2.28. The van der Waals surface area contributed by atoms with E-state index < -0.39 is 0 Å². The third kappa shape index (κ3) is 2.10. The molecule has 3 N–H and O–H groups in total. The first kappa shape index (κ1) is 11.9. The maximum absolute atomic E-state index is 6.20. The normalized spacial score (nSPS) is 18.4. The van der Waals surface area contributed by atoms with Crippen molar-refractivity contribution in [1.82, 2.24) is 15.2 Å². The monoisotopic (exact) mass is 242 g/mol. The Balaban J connectivity index is 2.24. The van der Waals surface area contributed by atoms with Crippen molar-refractivity contribution in [2.45, 2.75) is 45.2 Å². The second-order valence-corrected chi connectivity index (χ2v) is 4.84. The minimum Gasteiger partial charge on any atom is -0.271 e. The lowest BCUT2D eigenvalue weighted by atomic mass is 9.79. The second kappa shape index (κ2) is 5.17. The lowest BCUT2D eigenvalue weighted by Gasteiger charge is -2.33. The van der Waals surface area contributed by atoms with E-state index in [0.717, 1.165) is 23.7 Å². The molecule has 1 heterocycles. The summed E-state index contributed by atoms with van der Waals surface area (Å²) < 4.78 is 1.98. The first-order chi connectivity index (χ1) is 7.77. The van der Waals surface area contributed by atoms with Gasteiger partial charge in [-0.15, -0.1) is 0 Å². The standard InChI is InChI=1S/C11H19ClN4/c1-2-6-16-11(9(12)7-14-16)10(15-13)8-4-3-5-8/h7-8,10,15H,2-6,13H2,1H3. The fourth-order valence-corrected chi connectivity index (χ4v) is 2.54. The van der Waals surface area contributed by atoms with Gasteiger partial charge in [-0.2, -0.15) is 5.10 Å². The van der Waals surface area contributed by atoms with Crippen LogP contribution in [0.4, 0.5) is 0 Å². The third-order valence-electron chi connectivity index (χ3n) is 3.36. The van der Waals surface area contributed by atoms with E-state index in [1.165, 1.54) is 19.3 Å². The molecule has 1 aliphatic rings. The van der Waals surface area contributed by atoms with Crippen molar-refractivity contribution >= 4 is 11.6 Å². The SMILES string of the molecule is CCCn1ncc(Cl)c1C(NN)C1CCC1. The Labute approximate surface area is 101 Å². The zero-order valence-corrected chi connectivity index (χ0v) is 10.4. The van der Waals surface area contributed by atoms with Crippen molar-refractivity contribution in [3.05, 3.63) is 16.9 Å². The third-order valence-corrected chi connectivity index (χ3v) is 3.66. The van der Waals surface area contributed by atoms with E-state index in [4.69, 9.17) is 17.4 Å². The van der Waals surface area contributed by atoms with Crippen LogP contribution in [0.1, 0.15) is 44.3 Å². The Morgan fingerprint density at radius 3 is 2.94 bits per heavy atom. The molecule has 5 heteroatoms. The van der Waals surface area contributed by atoms with Crippen molar-refractivity contribution in [3.63, 3.8) is 0 Å². The molecule has 1 aromatic heterocycles. The first-order valence-corrected chi connectivity index (χ1v) is 6.33. The molecule has 1 atom stereocenters. The van der Waals surface area contributed by atoms with E-state index in [1.807, 2.05) is 4.68 Å². The Morgan fingerprint density at radius 2 is 2.44 bits per heavy atom. The van der Waals surface area contributed by atoms with E-state index in [9.17, 15) is 0 Å². The summed E-state index contributed by atoms with van der Waals surface area (Å²) in [6.07, 6.45) is 6.51. The number of aromatic nitrogens is 2. The molecular formula is C11H19ClN4. The minimum absolute atomic E-state index is 0.148. The van der Waals surface area contributed by atoms with E-state index in [2.05, 4.69) is 17.4 Å². The zero-order chi connectivity index (χ0) is 11.5. The van der Waals surface area contributed by atoms with Crippen LogP contribution in [-0.4, -0.2) is 9.78 Å². The summed E-state index contributed by atoms with van der Waals surface area (Å²) in [6, 6.07) is 0.148. The van der Waals surface area contributed by atoms with Gasteiger partial charge in [0.1, 0.15) is 0 Å². The van der Waals surface area contributed by atoms with Crippen LogP contribution in [0.5, 0.6) is 0 Å². The zero-order valence-electron chi connectivity index (χ0n) is 9.62. The average Bonchev–Trinajstić information content (AvgIpc) is 2.54. The molecule has 1 aliphatic carbocycles. The number of hydrogen-bond donors (Lipinski definition) is 2. The number of nitrogens with zero attached hydrogens (tertiary/aromatic N) is 2. The van der Waals surface area contributed by atoms with Gasteiger partial charge in [-0.3, -0.25) is 16.0 Å². The molecule has 1 fully saturated rings. The summed E-state index contributed by atoms with van der Waals surface area (Å²) in [5, 5.41) is 5.03. The maximum atomic E-state index is 6.20. The summed E-state index contributed by atoms with van der Waals surface area (Å²) in [6.45, 7) is 3.03. The highest BCUT2D eigenvalue weighted by molar-refractivity contribution is 6.31. The van der Waals surface area contributed by atoms with Crippen molar-refractivity contribution in [2.24, 2.45) is 11.8 Å². The van der Waals surface area contributed by atoms with Crippen LogP contribution in [0.25, 0.3) is 0 Å². The average molecular weight is 243 g/mol. The van der Waals surface area contributed by atoms with Gasteiger partial charge in [-0.25, -0.2) is 0 Å².